The van der Waals surface area contributed by atoms with Crippen LogP contribution in [0.2, 0.25) is 0 Å². The van der Waals surface area contributed by atoms with Gasteiger partial charge >= 0.3 is 0 Å². The molecule has 0 unspecified atom stereocenters. The lowest BCUT2D eigenvalue weighted by Crippen LogP contribution is -2.48. The molecule has 1 aromatic heterocycles. The van der Waals surface area contributed by atoms with Gasteiger partial charge in [-0.1, -0.05) is 18.2 Å². The normalized spacial score (nSPS) is 12.1. The van der Waals surface area contributed by atoms with Gasteiger partial charge in [0.1, 0.15) is 0 Å². The van der Waals surface area contributed by atoms with E-state index >= 15 is 0 Å². The number of benzene rings is 1. The van der Waals surface area contributed by atoms with Crippen LogP contribution >= 0.6 is 0 Å². The average molecular weight is 260 g/mol. The number of carbonyl (C=O) groups excluding carboxylic acids is 1. The summed E-state index contributed by atoms with van der Waals surface area (Å²) < 4.78 is 0. The molecule has 0 aliphatic rings. The quantitative estimate of drug-likeness (QED) is 0.878. The molecule has 1 aromatic carbocycles. The number of likely N-dealkylation sites (N-methyl/N-ethyl adjacent to an activating group) is 1. The zero-order valence-corrected chi connectivity index (χ0v) is 11.8. The maximum atomic E-state index is 12.2. The number of para-hydroxylation sites is 1. The Hall–Kier alpha value is -1.88. The third kappa shape index (κ3) is 2.76. The number of aromatic amines is 1. The number of fused-ring (bicyclic) bond motifs is 1. The van der Waals surface area contributed by atoms with E-state index in [9.17, 15) is 4.79 Å². The van der Waals surface area contributed by atoms with Crippen molar-refractivity contribution in [1.82, 2.24) is 20.4 Å². The van der Waals surface area contributed by atoms with Gasteiger partial charge in [0.15, 0.2) is 5.69 Å². The van der Waals surface area contributed by atoms with Crippen LogP contribution in [0.1, 0.15) is 24.3 Å². The number of aromatic nitrogens is 2. The van der Waals surface area contributed by atoms with Crippen molar-refractivity contribution in [2.75, 3.05) is 20.6 Å². The van der Waals surface area contributed by atoms with E-state index in [-0.39, 0.29) is 11.4 Å². The lowest BCUT2D eigenvalue weighted by molar-refractivity contribution is 0.0916. The predicted octanol–water partition coefficient (Wildman–Crippen LogP) is 1.63. The van der Waals surface area contributed by atoms with Gasteiger partial charge in [0, 0.05) is 17.5 Å². The zero-order valence-electron chi connectivity index (χ0n) is 11.8. The largest absolute Gasteiger partial charge is 0.349 e. The molecule has 0 saturated heterocycles. The molecule has 0 saturated carbocycles. The topological polar surface area (TPSA) is 61.0 Å². The monoisotopic (exact) mass is 260 g/mol. The molecule has 2 rings (SSSR count). The third-order valence-electron chi connectivity index (χ3n) is 3.58. The van der Waals surface area contributed by atoms with Gasteiger partial charge in [-0.15, -0.1) is 0 Å². The number of amides is 1. The summed E-state index contributed by atoms with van der Waals surface area (Å²) in [6.07, 6.45) is 0. The van der Waals surface area contributed by atoms with E-state index in [1.54, 1.807) is 0 Å². The SMILES string of the molecule is CN(C)C(C)(C)CNC(=O)c1n[nH]c2ccccc12. The second-order valence-corrected chi connectivity index (χ2v) is 5.51. The summed E-state index contributed by atoms with van der Waals surface area (Å²) >= 11 is 0. The first-order valence-corrected chi connectivity index (χ1v) is 6.30. The van der Waals surface area contributed by atoms with E-state index in [1.165, 1.54) is 0 Å². The van der Waals surface area contributed by atoms with Gasteiger partial charge in [-0.05, 0) is 34.0 Å². The van der Waals surface area contributed by atoms with Crippen LogP contribution < -0.4 is 5.32 Å². The van der Waals surface area contributed by atoms with E-state index in [0.717, 1.165) is 10.9 Å². The lowest BCUT2D eigenvalue weighted by Gasteiger charge is -2.32. The van der Waals surface area contributed by atoms with E-state index in [1.807, 2.05) is 38.4 Å². The summed E-state index contributed by atoms with van der Waals surface area (Å²) in [4.78, 5) is 14.3. The molecule has 1 amide bonds. The van der Waals surface area contributed by atoms with Crippen molar-refractivity contribution in [1.29, 1.82) is 0 Å². The number of hydrogen-bond donors (Lipinski definition) is 2. The fraction of sp³-hybridized carbons (Fsp3) is 0.429. The Morgan fingerprint density at radius 2 is 2.05 bits per heavy atom. The molecule has 0 radical (unpaired) electrons. The Balaban J connectivity index is 2.13. The Morgan fingerprint density at radius 3 is 2.74 bits per heavy atom. The Morgan fingerprint density at radius 1 is 1.37 bits per heavy atom. The molecular weight excluding hydrogens is 240 g/mol. The summed E-state index contributed by atoms with van der Waals surface area (Å²) in [7, 11) is 3.99. The Kier molecular flexibility index (Phi) is 3.57. The number of H-pyrrole nitrogens is 1. The van der Waals surface area contributed by atoms with Crippen molar-refractivity contribution in [3.8, 4) is 0 Å². The molecule has 0 aliphatic heterocycles. The summed E-state index contributed by atoms with van der Waals surface area (Å²) in [6, 6.07) is 7.61. The van der Waals surface area contributed by atoms with Crippen LogP contribution in [-0.4, -0.2) is 47.2 Å². The number of nitrogens with one attached hydrogen (secondary N) is 2. The van der Waals surface area contributed by atoms with Gasteiger partial charge in [0.2, 0.25) is 0 Å². The highest BCUT2D eigenvalue weighted by molar-refractivity contribution is 6.04. The predicted molar refractivity (Wildman–Crippen MR) is 76.2 cm³/mol. The fourth-order valence-corrected chi connectivity index (χ4v) is 1.67. The molecular formula is C14H20N4O. The van der Waals surface area contributed by atoms with Crippen LogP contribution in [0.3, 0.4) is 0 Å². The van der Waals surface area contributed by atoms with Gasteiger partial charge in [-0.25, -0.2) is 0 Å². The smallest absolute Gasteiger partial charge is 0.272 e. The van der Waals surface area contributed by atoms with Gasteiger partial charge in [0.25, 0.3) is 5.91 Å². The van der Waals surface area contributed by atoms with Crippen molar-refractivity contribution in [2.45, 2.75) is 19.4 Å². The second kappa shape index (κ2) is 5.01. The molecule has 19 heavy (non-hydrogen) atoms. The molecule has 0 spiro atoms. The van der Waals surface area contributed by atoms with Crippen molar-refractivity contribution >= 4 is 16.8 Å². The minimum atomic E-state index is -0.146. The van der Waals surface area contributed by atoms with Crippen LogP contribution in [0, 0.1) is 0 Å². The third-order valence-corrected chi connectivity index (χ3v) is 3.58. The van der Waals surface area contributed by atoms with Crippen molar-refractivity contribution in [3.63, 3.8) is 0 Å². The summed E-state index contributed by atoms with van der Waals surface area (Å²) in [5, 5.41) is 10.7. The highest BCUT2D eigenvalue weighted by Crippen LogP contribution is 2.15. The van der Waals surface area contributed by atoms with Crippen molar-refractivity contribution in [2.24, 2.45) is 0 Å². The van der Waals surface area contributed by atoms with E-state index in [2.05, 4.69) is 34.3 Å². The molecule has 5 nitrogen and oxygen atoms in total. The second-order valence-electron chi connectivity index (χ2n) is 5.51. The number of nitrogens with zero attached hydrogens (tertiary/aromatic N) is 2. The van der Waals surface area contributed by atoms with Crippen molar-refractivity contribution in [3.05, 3.63) is 30.0 Å². The maximum Gasteiger partial charge on any atom is 0.272 e. The first-order valence-electron chi connectivity index (χ1n) is 6.30. The lowest BCUT2D eigenvalue weighted by atomic mass is 10.0. The molecule has 1 heterocycles. The number of carbonyl (C=O) groups is 1. The van der Waals surface area contributed by atoms with Crippen LogP contribution in [-0.2, 0) is 0 Å². The van der Waals surface area contributed by atoms with Gasteiger partial charge in [0.05, 0.1) is 5.52 Å². The maximum absolute atomic E-state index is 12.2. The fourth-order valence-electron chi connectivity index (χ4n) is 1.67. The Bertz CT molecular complexity index is 586. The molecule has 2 aromatic rings. The van der Waals surface area contributed by atoms with E-state index < -0.39 is 0 Å². The van der Waals surface area contributed by atoms with Crippen LogP contribution in [0.25, 0.3) is 10.9 Å². The van der Waals surface area contributed by atoms with Crippen LogP contribution in [0.4, 0.5) is 0 Å². The van der Waals surface area contributed by atoms with Crippen LogP contribution in [0.15, 0.2) is 24.3 Å². The summed E-state index contributed by atoms with van der Waals surface area (Å²) in [6.45, 7) is 4.73. The molecule has 102 valence electrons. The standard InChI is InChI=1S/C14H20N4O/c1-14(2,18(3)4)9-15-13(19)12-10-7-5-6-8-11(10)16-17-12/h5-8H,9H2,1-4H3,(H,15,19)(H,16,17). The van der Waals surface area contributed by atoms with Crippen LogP contribution in [0.5, 0.6) is 0 Å². The first kappa shape index (κ1) is 13.5. The molecule has 2 N–H and O–H groups in total. The molecule has 0 aliphatic carbocycles. The molecule has 5 heteroatoms. The van der Waals surface area contributed by atoms with Gasteiger partial charge in [-0.2, -0.15) is 5.10 Å². The number of hydrogen-bond acceptors (Lipinski definition) is 3. The number of rotatable bonds is 4. The molecule has 0 atom stereocenters. The molecule has 0 fully saturated rings. The minimum absolute atomic E-state index is 0.0955. The van der Waals surface area contributed by atoms with Gasteiger partial charge in [-0.3, -0.25) is 9.89 Å². The minimum Gasteiger partial charge on any atom is -0.349 e. The zero-order chi connectivity index (χ0) is 14.0. The highest BCUT2D eigenvalue weighted by atomic mass is 16.1. The summed E-state index contributed by atoms with van der Waals surface area (Å²) in [5.74, 6) is -0.146. The van der Waals surface area contributed by atoms with Crippen molar-refractivity contribution < 1.29 is 4.79 Å². The summed E-state index contributed by atoms with van der Waals surface area (Å²) in [5.41, 5.74) is 1.23. The molecule has 0 bridgehead atoms. The average Bonchev–Trinajstić information content (AvgIpc) is 2.79. The van der Waals surface area contributed by atoms with E-state index in [4.69, 9.17) is 0 Å². The van der Waals surface area contributed by atoms with Gasteiger partial charge < -0.3 is 10.2 Å². The first-order chi connectivity index (χ1) is 8.92. The Labute approximate surface area is 113 Å². The van der Waals surface area contributed by atoms with E-state index in [0.29, 0.717) is 12.2 Å². The highest BCUT2D eigenvalue weighted by Gasteiger charge is 2.22.